The van der Waals surface area contributed by atoms with Crippen LogP contribution in [0.4, 0.5) is 8.78 Å². The largest absolute Gasteiger partial charge is 0.463 e. The van der Waals surface area contributed by atoms with E-state index in [9.17, 15) is 13.6 Å². The molecule has 2 aliphatic rings. The smallest absolute Gasteiger partial charge is 0.310 e. The number of halogens is 2. The van der Waals surface area contributed by atoms with Gasteiger partial charge in [-0.2, -0.15) is 0 Å². The summed E-state index contributed by atoms with van der Waals surface area (Å²) in [4.78, 5) is 11.9. The molecule has 0 aliphatic heterocycles. The van der Waals surface area contributed by atoms with Crippen molar-refractivity contribution in [3.63, 3.8) is 0 Å². The van der Waals surface area contributed by atoms with Crippen LogP contribution in [-0.4, -0.2) is 28.3 Å². The Hall–Kier alpha value is -0.138. The molecule has 2 radical (unpaired) electrons. The molecule has 19 heavy (non-hydrogen) atoms. The molecule has 2 nitrogen and oxygen atoms in total. The minimum atomic E-state index is -2.66. The maximum absolute atomic E-state index is 13.6. The Morgan fingerprint density at radius 1 is 1.11 bits per heavy atom. The standard InChI is InChI=1S/C14H23F2NO.Al/c15-14(16)8-7-11(12(9-14)13(17)18)10-5-3-1-2-4-6-10;/h10-12H,1-9H2,(H2,17,18);/q;+1/p-1. The Balaban J connectivity index is 2.09. The molecular weight excluding hydrogens is 263 g/mol. The van der Waals surface area contributed by atoms with E-state index in [-0.39, 0.29) is 24.7 Å². The summed E-state index contributed by atoms with van der Waals surface area (Å²) in [5.41, 5.74) is 0. The van der Waals surface area contributed by atoms with Crippen LogP contribution in [0.25, 0.3) is 0 Å². The predicted octanol–water partition coefficient (Wildman–Crippen LogP) is 3.21. The normalized spacial score (nSPS) is 32.5. The lowest BCUT2D eigenvalue weighted by molar-refractivity contribution is -0.137. The Morgan fingerprint density at radius 3 is 2.32 bits per heavy atom. The van der Waals surface area contributed by atoms with E-state index >= 15 is 0 Å². The maximum atomic E-state index is 13.6. The minimum absolute atomic E-state index is 0.0468. The lowest BCUT2D eigenvalue weighted by Gasteiger charge is -2.39. The lowest BCUT2D eigenvalue weighted by atomic mass is 9.69. The second-order valence-electron chi connectivity index (χ2n) is 6.13. The molecule has 2 unspecified atom stereocenters. The molecule has 2 fully saturated rings. The summed E-state index contributed by atoms with van der Waals surface area (Å²) in [7, 11) is 0. The number of hydrogen-bond donors (Lipinski definition) is 1. The van der Waals surface area contributed by atoms with E-state index in [0.717, 1.165) is 12.8 Å². The van der Waals surface area contributed by atoms with Crippen LogP contribution in [0.1, 0.15) is 57.8 Å². The van der Waals surface area contributed by atoms with Gasteiger partial charge in [-0.1, -0.05) is 38.5 Å². The van der Waals surface area contributed by atoms with Crippen LogP contribution in [0.5, 0.6) is 0 Å². The van der Waals surface area contributed by atoms with E-state index in [1.165, 1.54) is 25.7 Å². The number of carbonyl (C=O) groups is 1. The van der Waals surface area contributed by atoms with E-state index in [1.54, 1.807) is 0 Å². The van der Waals surface area contributed by atoms with Crippen molar-refractivity contribution in [2.45, 2.75) is 63.7 Å². The van der Waals surface area contributed by atoms with Gasteiger partial charge in [0.2, 0.25) is 5.92 Å². The molecule has 2 saturated carbocycles. The van der Waals surface area contributed by atoms with Gasteiger partial charge < -0.3 is 4.30 Å². The van der Waals surface area contributed by atoms with Gasteiger partial charge in [0, 0.05) is 18.8 Å². The molecule has 106 valence electrons. The molecule has 0 aromatic carbocycles. The quantitative estimate of drug-likeness (QED) is 0.612. The average molecular weight is 285 g/mol. The first-order valence-electron chi connectivity index (χ1n) is 7.42. The van der Waals surface area contributed by atoms with Crippen LogP contribution in [0.3, 0.4) is 0 Å². The van der Waals surface area contributed by atoms with E-state index in [0.29, 0.717) is 12.3 Å². The Morgan fingerprint density at radius 2 is 1.74 bits per heavy atom. The average Bonchev–Trinajstić information content (AvgIpc) is 2.65. The molecule has 0 spiro atoms. The third kappa shape index (κ3) is 3.92. The van der Waals surface area contributed by atoms with E-state index in [1.807, 2.05) is 0 Å². The topological polar surface area (TPSA) is 29.1 Å². The molecule has 1 amide bonds. The molecule has 0 bridgehead atoms. The maximum Gasteiger partial charge on any atom is 0.310 e. The summed E-state index contributed by atoms with van der Waals surface area (Å²) < 4.78 is 29.7. The Bertz CT molecular complexity index is 317. The van der Waals surface area contributed by atoms with Crippen molar-refractivity contribution in [3.8, 4) is 0 Å². The Labute approximate surface area is 122 Å². The van der Waals surface area contributed by atoms with Gasteiger partial charge in [-0.3, -0.25) is 4.79 Å². The molecule has 2 atom stereocenters. The summed E-state index contributed by atoms with van der Waals surface area (Å²) in [5, 5.41) is 0. The van der Waals surface area contributed by atoms with Gasteiger partial charge in [0.1, 0.15) is 0 Å². The lowest BCUT2D eigenvalue weighted by Crippen LogP contribution is -2.44. The van der Waals surface area contributed by atoms with Crippen LogP contribution in [-0.2, 0) is 4.79 Å². The van der Waals surface area contributed by atoms with Crippen molar-refractivity contribution in [1.82, 2.24) is 4.30 Å². The molecular formula is C14H22AlF2NO. The fraction of sp³-hybridized carbons (Fsp3) is 0.929. The fourth-order valence-corrected chi connectivity index (χ4v) is 4.07. The molecule has 2 rings (SSSR count). The van der Waals surface area contributed by atoms with Crippen LogP contribution >= 0.6 is 0 Å². The highest BCUT2D eigenvalue weighted by Gasteiger charge is 2.46. The SMILES string of the molecule is O=C([NH][Al])C1CC(F)(F)CCC1C1CCCCCC1. The van der Waals surface area contributed by atoms with Gasteiger partial charge in [0.15, 0.2) is 5.91 Å². The van der Waals surface area contributed by atoms with Crippen LogP contribution < -0.4 is 4.30 Å². The number of amides is 1. The molecule has 1 N–H and O–H groups in total. The van der Waals surface area contributed by atoms with Crippen LogP contribution in [0.15, 0.2) is 0 Å². The minimum Gasteiger partial charge on any atom is -0.463 e. The van der Waals surface area contributed by atoms with Crippen molar-refractivity contribution in [1.29, 1.82) is 0 Å². The first kappa shape index (κ1) is 15.3. The number of carbonyl (C=O) groups excluding carboxylic acids is 1. The Kier molecular flexibility index (Phi) is 5.25. The molecule has 0 aromatic rings. The molecule has 0 aromatic heterocycles. The van der Waals surface area contributed by atoms with Gasteiger partial charge in [-0.05, 0) is 18.3 Å². The van der Waals surface area contributed by atoms with Crippen molar-refractivity contribution >= 4 is 22.4 Å². The molecule has 0 heterocycles. The van der Waals surface area contributed by atoms with E-state index < -0.39 is 11.8 Å². The monoisotopic (exact) mass is 285 g/mol. The zero-order valence-corrected chi connectivity index (χ0v) is 12.5. The van der Waals surface area contributed by atoms with Gasteiger partial charge in [-0.15, -0.1) is 0 Å². The van der Waals surface area contributed by atoms with Gasteiger partial charge in [-0.25, -0.2) is 8.78 Å². The van der Waals surface area contributed by atoms with Crippen LogP contribution in [0.2, 0.25) is 0 Å². The van der Waals surface area contributed by atoms with Gasteiger partial charge in [0.25, 0.3) is 0 Å². The van der Waals surface area contributed by atoms with Crippen LogP contribution in [0, 0.1) is 17.8 Å². The van der Waals surface area contributed by atoms with Crippen molar-refractivity contribution in [2.75, 3.05) is 0 Å². The number of rotatable bonds is 2. The summed E-state index contributed by atoms with van der Waals surface area (Å²) >= 11 is 2.16. The summed E-state index contributed by atoms with van der Waals surface area (Å²) in [5.74, 6) is -2.78. The van der Waals surface area contributed by atoms with Crippen molar-refractivity contribution in [2.24, 2.45) is 17.8 Å². The fourth-order valence-electron chi connectivity index (χ4n) is 3.85. The highest BCUT2D eigenvalue weighted by molar-refractivity contribution is 6.14. The third-order valence-electron chi connectivity index (χ3n) is 4.86. The zero-order chi connectivity index (χ0) is 13.9. The van der Waals surface area contributed by atoms with Gasteiger partial charge >= 0.3 is 16.5 Å². The van der Waals surface area contributed by atoms with Crippen molar-refractivity contribution in [3.05, 3.63) is 0 Å². The van der Waals surface area contributed by atoms with Crippen molar-refractivity contribution < 1.29 is 13.6 Å². The molecule has 2 aliphatic carbocycles. The first-order chi connectivity index (χ1) is 9.03. The van der Waals surface area contributed by atoms with E-state index in [2.05, 4.69) is 20.8 Å². The van der Waals surface area contributed by atoms with Gasteiger partial charge in [0.05, 0.1) is 0 Å². The molecule has 0 saturated heterocycles. The second-order valence-corrected chi connectivity index (χ2v) is 6.42. The number of nitrogens with one attached hydrogen (secondary N) is 1. The zero-order valence-electron chi connectivity index (χ0n) is 11.3. The second kappa shape index (κ2) is 6.54. The number of hydrogen-bond acceptors (Lipinski definition) is 1. The predicted molar refractivity (Wildman–Crippen MR) is 70.9 cm³/mol. The van der Waals surface area contributed by atoms with E-state index in [4.69, 9.17) is 0 Å². The summed E-state index contributed by atoms with van der Waals surface area (Å²) in [6, 6.07) is 0. The third-order valence-corrected chi connectivity index (χ3v) is 5.15. The summed E-state index contributed by atoms with van der Waals surface area (Å²) in [6.07, 6.45) is 7.27. The first-order valence-corrected chi connectivity index (χ1v) is 7.99. The molecule has 5 heteroatoms. The highest BCUT2D eigenvalue weighted by Crippen LogP contribution is 2.46. The summed E-state index contributed by atoms with van der Waals surface area (Å²) in [6.45, 7) is 0. The highest BCUT2D eigenvalue weighted by atomic mass is 27.1. The number of alkyl halides is 2.